The van der Waals surface area contributed by atoms with E-state index in [1.165, 1.54) is 0 Å². The lowest BCUT2D eigenvalue weighted by molar-refractivity contribution is -0.197. The van der Waals surface area contributed by atoms with Crippen LogP contribution in [0.2, 0.25) is 0 Å². The number of carbonyl (C=O) groups excluding carboxylic acids is 6. The van der Waals surface area contributed by atoms with Crippen molar-refractivity contribution >= 4 is 35.6 Å². The van der Waals surface area contributed by atoms with Crippen molar-refractivity contribution in [2.24, 2.45) is 0 Å². The normalized spacial score (nSPS) is 20.8. The van der Waals surface area contributed by atoms with E-state index in [2.05, 4.69) is 15.5 Å². The Kier molecular flexibility index (Phi) is 5.54. The van der Waals surface area contributed by atoms with Crippen molar-refractivity contribution in [1.82, 2.24) is 20.6 Å². The maximum atomic E-state index is 11.6. The van der Waals surface area contributed by atoms with E-state index in [0.717, 1.165) is 4.90 Å². The number of carbonyl (C=O) groups is 6. The molecule has 0 aromatic rings. The van der Waals surface area contributed by atoms with Crippen molar-refractivity contribution in [3.8, 4) is 0 Å². The maximum Gasteiger partial charge on any atom is 0.334 e. The summed E-state index contributed by atoms with van der Waals surface area (Å²) >= 11 is 0. The first-order valence-electron chi connectivity index (χ1n) is 8.22. The molecule has 1 atom stereocenters. The van der Waals surface area contributed by atoms with Gasteiger partial charge in [0.25, 0.3) is 11.8 Å². The van der Waals surface area contributed by atoms with Gasteiger partial charge in [-0.05, 0) is 0 Å². The molecule has 0 aliphatic carbocycles. The van der Waals surface area contributed by atoms with Gasteiger partial charge in [0.2, 0.25) is 11.8 Å². The second kappa shape index (κ2) is 8.22. The van der Waals surface area contributed by atoms with Crippen molar-refractivity contribution in [3.05, 3.63) is 0 Å². The highest BCUT2D eigenvalue weighted by Gasteiger charge is 2.32. The van der Waals surface area contributed by atoms with Gasteiger partial charge in [-0.2, -0.15) is 0 Å². The van der Waals surface area contributed by atoms with Crippen molar-refractivity contribution in [3.63, 3.8) is 0 Å². The van der Waals surface area contributed by atoms with E-state index in [-0.39, 0.29) is 45.3 Å². The van der Waals surface area contributed by atoms with Crippen LogP contribution >= 0.6 is 0 Å². The third-order valence-electron chi connectivity index (χ3n) is 3.45. The molecule has 1 unspecified atom stereocenters. The Balaban J connectivity index is 1.59. The molecule has 2 saturated heterocycles. The number of rotatable bonds is 7. The van der Waals surface area contributed by atoms with Crippen molar-refractivity contribution in [2.75, 3.05) is 19.6 Å². The Hall–Kier alpha value is -2.98. The van der Waals surface area contributed by atoms with Gasteiger partial charge in [-0.25, -0.2) is 9.59 Å². The molecular formula is C14H18N4O7. The van der Waals surface area contributed by atoms with E-state index in [0.29, 0.717) is 5.06 Å². The monoisotopic (exact) mass is 355 g/mol. The average Bonchev–Trinajstić information content (AvgIpc) is 3.01. The van der Waals surface area contributed by atoms with E-state index in [1.807, 2.05) is 0 Å². The van der Waals surface area contributed by atoms with Gasteiger partial charge in [-0.1, -0.05) is 0 Å². The minimum Gasteiger partial charge on any atom is -0.338 e. The highest BCUT2D eigenvalue weighted by atomic mass is 16.7. The van der Waals surface area contributed by atoms with Gasteiger partial charge in [-0.3, -0.25) is 24.1 Å². The summed E-state index contributed by atoms with van der Waals surface area (Å²) in [5, 5.41) is 5.17. The zero-order valence-corrected chi connectivity index (χ0v) is 13.3. The first-order chi connectivity index (χ1) is 12.3. The maximum absolute atomic E-state index is 11.6. The number of urea groups is 1. The average molecular weight is 355 g/mol. The smallest absolute Gasteiger partial charge is 0.334 e. The SMILES string of the molecule is [2H]C1CC(=O)N(CCNC(=O)NCCC(=O)ON2C(=O)CCC2=O)C1=O. The van der Waals surface area contributed by atoms with Crippen LogP contribution in [0.15, 0.2) is 0 Å². The summed E-state index contributed by atoms with van der Waals surface area (Å²) in [5.41, 5.74) is 0. The van der Waals surface area contributed by atoms with E-state index in [4.69, 9.17) is 1.37 Å². The van der Waals surface area contributed by atoms with Crippen molar-refractivity contribution in [1.29, 1.82) is 0 Å². The van der Waals surface area contributed by atoms with Crippen LogP contribution in [0.3, 0.4) is 0 Å². The van der Waals surface area contributed by atoms with Crippen LogP contribution in [0.25, 0.3) is 0 Å². The molecule has 11 heteroatoms. The minimum atomic E-state index is -1.09. The zero-order valence-electron chi connectivity index (χ0n) is 14.3. The van der Waals surface area contributed by atoms with Crippen molar-refractivity contribution < 1.29 is 35.0 Å². The standard InChI is InChI=1S/C14H18N4O7/c19-9-1-2-10(20)17(9)8-7-16-14(24)15-6-5-13(23)25-18-11(21)3-4-12(18)22/h1-8H2,(H2,15,16,24)/i1D. The molecule has 2 heterocycles. The Bertz CT molecular complexity index is 637. The van der Waals surface area contributed by atoms with Crippen LogP contribution in [-0.2, 0) is 28.8 Å². The van der Waals surface area contributed by atoms with Crippen LogP contribution in [0.5, 0.6) is 0 Å². The van der Waals surface area contributed by atoms with Gasteiger partial charge in [0.05, 0.1) is 6.42 Å². The highest BCUT2D eigenvalue weighted by molar-refractivity contribution is 6.02. The predicted molar refractivity (Wildman–Crippen MR) is 79.2 cm³/mol. The van der Waals surface area contributed by atoms with Crippen LogP contribution < -0.4 is 10.6 Å². The third kappa shape index (κ3) is 4.99. The summed E-state index contributed by atoms with van der Waals surface area (Å²) < 4.78 is 7.35. The van der Waals surface area contributed by atoms with Crippen molar-refractivity contribution in [2.45, 2.75) is 32.1 Å². The first-order valence-corrected chi connectivity index (χ1v) is 7.64. The lowest BCUT2D eigenvalue weighted by atomic mass is 10.4. The number of imide groups is 2. The molecule has 0 aromatic carbocycles. The fraction of sp³-hybridized carbons (Fsp3) is 0.571. The summed E-state index contributed by atoms with van der Waals surface area (Å²) in [6.07, 6.45) is -1.51. The van der Waals surface area contributed by atoms with E-state index in [9.17, 15) is 28.8 Å². The Morgan fingerprint density at radius 1 is 0.960 bits per heavy atom. The molecule has 2 aliphatic rings. The van der Waals surface area contributed by atoms with Gasteiger partial charge in [-0.15, -0.1) is 5.06 Å². The molecule has 0 bridgehead atoms. The molecule has 2 aliphatic heterocycles. The minimum absolute atomic E-state index is 0.00272. The highest BCUT2D eigenvalue weighted by Crippen LogP contribution is 2.12. The molecular weight excluding hydrogens is 336 g/mol. The molecule has 2 N–H and O–H groups in total. The van der Waals surface area contributed by atoms with E-state index >= 15 is 0 Å². The fourth-order valence-electron chi connectivity index (χ4n) is 2.18. The van der Waals surface area contributed by atoms with Gasteiger partial charge in [0.15, 0.2) is 0 Å². The number of nitrogens with zero attached hydrogens (tertiary/aromatic N) is 2. The number of hydrogen-bond donors (Lipinski definition) is 2. The van der Waals surface area contributed by atoms with Gasteiger partial charge >= 0.3 is 12.0 Å². The van der Waals surface area contributed by atoms with Crippen LogP contribution in [-0.4, -0.2) is 65.2 Å². The summed E-state index contributed by atoms with van der Waals surface area (Å²) in [4.78, 5) is 74.2. The zero-order chi connectivity index (χ0) is 19.3. The van der Waals surface area contributed by atoms with Gasteiger partial charge in [0, 0.05) is 46.7 Å². The van der Waals surface area contributed by atoms with E-state index in [1.54, 1.807) is 0 Å². The molecule has 0 saturated carbocycles. The van der Waals surface area contributed by atoms with E-state index < -0.39 is 42.0 Å². The predicted octanol–water partition coefficient (Wildman–Crippen LogP) is -1.57. The lowest BCUT2D eigenvalue weighted by Gasteiger charge is -2.14. The molecule has 0 spiro atoms. The van der Waals surface area contributed by atoms with Crippen LogP contribution in [0, 0.1) is 0 Å². The Morgan fingerprint density at radius 2 is 1.60 bits per heavy atom. The van der Waals surface area contributed by atoms with Gasteiger partial charge < -0.3 is 15.5 Å². The quantitative estimate of drug-likeness (QED) is 0.525. The summed E-state index contributed by atoms with van der Waals surface area (Å²) in [7, 11) is 0. The van der Waals surface area contributed by atoms with Gasteiger partial charge in [0.1, 0.15) is 0 Å². The first kappa shape index (κ1) is 16.9. The molecule has 136 valence electrons. The molecule has 11 nitrogen and oxygen atoms in total. The van der Waals surface area contributed by atoms with Crippen LogP contribution in [0.4, 0.5) is 4.79 Å². The number of hydroxylamine groups is 2. The summed E-state index contributed by atoms with van der Waals surface area (Å²) in [6.45, 7) is -0.143. The number of likely N-dealkylation sites (tertiary alicyclic amines) is 1. The number of hydrogen-bond acceptors (Lipinski definition) is 7. The Morgan fingerprint density at radius 3 is 2.20 bits per heavy atom. The molecule has 6 amide bonds. The number of amides is 6. The molecule has 0 radical (unpaired) electrons. The number of nitrogens with one attached hydrogen (secondary N) is 2. The second-order valence-corrected chi connectivity index (χ2v) is 5.27. The molecule has 0 aromatic heterocycles. The molecule has 2 rings (SSSR count). The third-order valence-corrected chi connectivity index (χ3v) is 3.45. The lowest BCUT2D eigenvalue weighted by Crippen LogP contribution is -2.42. The molecule has 25 heavy (non-hydrogen) atoms. The van der Waals surface area contributed by atoms with Crippen LogP contribution in [0.1, 0.15) is 33.5 Å². The second-order valence-electron chi connectivity index (χ2n) is 5.27. The molecule has 2 fully saturated rings. The summed E-state index contributed by atoms with van der Waals surface area (Å²) in [6, 6.07) is -0.632. The summed E-state index contributed by atoms with van der Waals surface area (Å²) in [5.74, 6) is -3.06. The Labute approximate surface area is 144 Å². The largest absolute Gasteiger partial charge is 0.338 e. The fourth-order valence-corrected chi connectivity index (χ4v) is 2.18. The topological polar surface area (TPSA) is 142 Å².